The van der Waals surface area contributed by atoms with Crippen molar-refractivity contribution in [1.29, 1.82) is 0 Å². The molecule has 2 aromatic carbocycles. The van der Waals surface area contributed by atoms with Crippen LogP contribution in [0.2, 0.25) is 5.02 Å². The Bertz CT molecular complexity index is 1120. The summed E-state index contributed by atoms with van der Waals surface area (Å²) in [5, 5.41) is 9.95. The fourth-order valence-electron chi connectivity index (χ4n) is 4.57. The first-order valence-corrected chi connectivity index (χ1v) is 11.6. The van der Waals surface area contributed by atoms with Crippen LogP contribution in [0, 0.1) is 11.8 Å². The number of hydrogen-bond acceptors (Lipinski definition) is 3. The van der Waals surface area contributed by atoms with Crippen molar-refractivity contribution < 1.29 is 18.9 Å². The van der Waals surface area contributed by atoms with Crippen LogP contribution in [0.3, 0.4) is 0 Å². The maximum atomic E-state index is 13.1. The number of fused-ring (bicyclic) bond motifs is 2. The lowest BCUT2D eigenvalue weighted by atomic mass is 9.92. The minimum atomic E-state index is -1.29. The van der Waals surface area contributed by atoms with Gasteiger partial charge in [-0.1, -0.05) is 43.6 Å². The van der Waals surface area contributed by atoms with Crippen LogP contribution in [0.4, 0.5) is 0 Å². The Morgan fingerprint density at radius 2 is 1.97 bits per heavy atom. The van der Waals surface area contributed by atoms with Crippen molar-refractivity contribution in [3.8, 4) is 0 Å². The zero-order chi connectivity index (χ0) is 21.6. The van der Waals surface area contributed by atoms with Crippen LogP contribution in [0.25, 0.3) is 5.57 Å². The molecule has 0 fully saturated rings. The SMILES string of the molecule is CC(C)C1=C(CCC(=O)c2cccc3c2CC(C(=O)O)C3)S(=O)c2ccc(Cl)cc21. The summed E-state index contributed by atoms with van der Waals surface area (Å²) in [5.41, 5.74) is 4.34. The summed E-state index contributed by atoms with van der Waals surface area (Å²) < 4.78 is 13.1. The molecule has 30 heavy (non-hydrogen) atoms. The number of hydrogen-bond donors (Lipinski definition) is 1. The quantitative estimate of drug-likeness (QED) is 0.617. The summed E-state index contributed by atoms with van der Waals surface area (Å²) in [6.45, 7) is 4.11. The van der Waals surface area contributed by atoms with Gasteiger partial charge in [0.1, 0.15) is 0 Å². The second kappa shape index (κ2) is 8.12. The van der Waals surface area contributed by atoms with Gasteiger partial charge in [0.05, 0.1) is 21.6 Å². The molecule has 6 heteroatoms. The number of Topliss-reactive ketones (excluding diaryl/α,β-unsaturated/α-hetero) is 1. The Labute approximate surface area is 183 Å². The molecule has 0 aromatic heterocycles. The number of carbonyl (C=O) groups excluding carboxylic acids is 1. The Morgan fingerprint density at radius 1 is 1.20 bits per heavy atom. The first kappa shape index (κ1) is 21.0. The van der Waals surface area contributed by atoms with Gasteiger partial charge in [0.15, 0.2) is 5.78 Å². The van der Waals surface area contributed by atoms with Crippen LogP contribution in [-0.2, 0) is 28.4 Å². The summed E-state index contributed by atoms with van der Waals surface area (Å²) in [4.78, 5) is 26.0. The maximum Gasteiger partial charge on any atom is 0.307 e. The topological polar surface area (TPSA) is 71.4 Å². The summed E-state index contributed by atoms with van der Waals surface area (Å²) in [6, 6.07) is 10.9. The third-order valence-corrected chi connectivity index (χ3v) is 7.81. The second-order valence-corrected chi connectivity index (χ2v) is 10.1. The van der Waals surface area contributed by atoms with E-state index in [0.29, 0.717) is 29.8 Å². The van der Waals surface area contributed by atoms with Gasteiger partial charge >= 0.3 is 5.97 Å². The number of rotatable bonds is 6. The highest BCUT2D eigenvalue weighted by atomic mass is 35.5. The summed E-state index contributed by atoms with van der Waals surface area (Å²) >= 11 is 6.17. The van der Waals surface area contributed by atoms with Crippen molar-refractivity contribution >= 4 is 39.7 Å². The highest BCUT2D eigenvalue weighted by Gasteiger charge is 2.32. The average Bonchev–Trinajstić information content (AvgIpc) is 3.25. The van der Waals surface area contributed by atoms with Crippen LogP contribution >= 0.6 is 11.6 Å². The largest absolute Gasteiger partial charge is 0.481 e. The second-order valence-electron chi connectivity index (χ2n) is 8.21. The lowest BCUT2D eigenvalue weighted by Gasteiger charge is -2.12. The van der Waals surface area contributed by atoms with Gasteiger partial charge in [-0.05, 0) is 65.6 Å². The molecule has 2 aliphatic rings. The summed E-state index contributed by atoms with van der Waals surface area (Å²) in [6.07, 6.45) is 1.52. The molecule has 0 amide bonds. The van der Waals surface area contributed by atoms with E-state index in [2.05, 4.69) is 13.8 Å². The molecule has 1 aliphatic heterocycles. The van der Waals surface area contributed by atoms with E-state index < -0.39 is 22.7 Å². The molecule has 4 nitrogen and oxygen atoms in total. The standard InChI is InChI=1S/C24H23ClO4S/c1-13(2)23-19-12-16(25)6-8-21(19)30(29)22(23)9-7-20(26)17-5-3-4-14-10-15(24(27)28)11-18(14)17/h3-6,8,12-13,15H,7,9-11H2,1-2H3,(H,27,28). The van der Waals surface area contributed by atoms with E-state index in [-0.39, 0.29) is 18.1 Å². The predicted molar refractivity (Wildman–Crippen MR) is 118 cm³/mol. The lowest BCUT2D eigenvalue weighted by Crippen LogP contribution is -2.13. The smallest absolute Gasteiger partial charge is 0.307 e. The van der Waals surface area contributed by atoms with Gasteiger partial charge in [-0.15, -0.1) is 0 Å². The number of halogens is 1. The van der Waals surface area contributed by atoms with Crippen molar-refractivity contribution in [2.45, 2.75) is 44.4 Å². The fourth-order valence-corrected chi connectivity index (χ4v) is 6.40. The lowest BCUT2D eigenvalue weighted by molar-refractivity contribution is -0.141. The number of carboxylic acid groups (broad SMARTS) is 1. The third-order valence-electron chi connectivity index (χ3n) is 5.95. The summed E-state index contributed by atoms with van der Waals surface area (Å²) in [5.74, 6) is -1.16. The van der Waals surface area contributed by atoms with E-state index in [1.807, 2.05) is 18.2 Å². The van der Waals surface area contributed by atoms with Crippen molar-refractivity contribution in [2.75, 3.05) is 0 Å². The van der Waals surface area contributed by atoms with Gasteiger partial charge < -0.3 is 5.11 Å². The van der Waals surface area contributed by atoms with Crippen molar-refractivity contribution in [1.82, 2.24) is 0 Å². The predicted octanol–water partition coefficient (Wildman–Crippen LogP) is 5.29. The molecular formula is C24H23ClO4S. The number of allylic oxidation sites excluding steroid dienone is 2. The number of benzene rings is 2. The van der Waals surface area contributed by atoms with Crippen LogP contribution in [-0.4, -0.2) is 21.1 Å². The number of carbonyl (C=O) groups is 2. The number of ketones is 1. The fraction of sp³-hybridized carbons (Fsp3) is 0.333. The van der Waals surface area contributed by atoms with E-state index in [4.69, 9.17) is 11.6 Å². The van der Waals surface area contributed by atoms with Gasteiger partial charge in [-0.3, -0.25) is 9.59 Å². The van der Waals surface area contributed by atoms with E-state index in [9.17, 15) is 18.9 Å². The Morgan fingerprint density at radius 3 is 2.67 bits per heavy atom. The molecule has 1 heterocycles. The number of aliphatic carboxylic acids is 1. The van der Waals surface area contributed by atoms with Crippen LogP contribution < -0.4 is 0 Å². The molecule has 0 spiro atoms. The Balaban J connectivity index is 1.59. The van der Waals surface area contributed by atoms with Gasteiger partial charge in [-0.25, -0.2) is 4.21 Å². The Hall–Kier alpha value is -2.24. The molecule has 2 aromatic rings. The van der Waals surface area contributed by atoms with Gasteiger partial charge in [-0.2, -0.15) is 0 Å². The van der Waals surface area contributed by atoms with Gasteiger partial charge in [0.2, 0.25) is 0 Å². The van der Waals surface area contributed by atoms with Crippen LogP contribution in [0.5, 0.6) is 0 Å². The molecule has 1 aliphatic carbocycles. The Kier molecular flexibility index (Phi) is 5.69. The van der Waals surface area contributed by atoms with Crippen LogP contribution in [0.1, 0.15) is 53.7 Å². The zero-order valence-electron chi connectivity index (χ0n) is 16.9. The van der Waals surface area contributed by atoms with E-state index in [1.165, 1.54) is 0 Å². The first-order chi connectivity index (χ1) is 14.3. The van der Waals surface area contributed by atoms with E-state index in [0.717, 1.165) is 32.1 Å². The third kappa shape index (κ3) is 3.65. The van der Waals surface area contributed by atoms with Gasteiger partial charge in [0, 0.05) is 21.9 Å². The molecule has 0 radical (unpaired) electrons. The summed E-state index contributed by atoms with van der Waals surface area (Å²) in [7, 11) is -1.29. The van der Waals surface area contributed by atoms with Gasteiger partial charge in [0.25, 0.3) is 0 Å². The molecule has 2 atom stereocenters. The zero-order valence-corrected chi connectivity index (χ0v) is 18.5. The van der Waals surface area contributed by atoms with Crippen LogP contribution in [0.15, 0.2) is 46.2 Å². The van der Waals surface area contributed by atoms with Crippen molar-refractivity contribution in [2.24, 2.45) is 11.8 Å². The highest BCUT2D eigenvalue weighted by molar-refractivity contribution is 7.89. The van der Waals surface area contributed by atoms with Crippen molar-refractivity contribution in [3.05, 3.63) is 68.6 Å². The monoisotopic (exact) mass is 442 g/mol. The molecule has 156 valence electrons. The molecular weight excluding hydrogens is 420 g/mol. The average molecular weight is 443 g/mol. The van der Waals surface area contributed by atoms with Crippen molar-refractivity contribution in [3.63, 3.8) is 0 Å². The molecule has 1 N–H and O–H groups in total. The molecule has 0 saturated carbocycles. The van der Waals surface area contributed by atoms with E-state index >= 15 is 0 Å². The molecule has 2 unspecified atom stereocenters. The molecule has 4 rings (SSSR count). The number of carboxylic acids is 1. The minimum absolute atomic E-state index is 0.0283. The maximum absolute atomic E-state index is 13.1. The highest BCUT2D eigenvalue weighted by Crippen LogP contribution is 2.43. The van der Waals surface area contributed by atoms with E-state index in [1.54, 1.807) is 18.2 Å². The first-order valence-electron chi connectivity index (χ1n) is 10.1. The minimum Gasteiger partial charge on any atom is -0.481 e. The molecule has 0 saturated heterocycles. The molecule has 0 bridgehead atoms. The normalized spacial score (nSPS) is 19.9.